The van der Waals surface area contributed by atoms with Crippen LogP contribution >= 0.6 is 0 Å². The molecule has 138 valence electrons. The summed E-state index contributed by atoms with van der Waals surface area (Å²) in [6.07, 6.45) is 0.214. The zero-order valence-electron chi connectivity index (χ0n) is 14.0. The molecule has 1 aliphatic heterocycles. The molecule has 0 aliphatic carbocycles. The number of carbonyl (C=O) groups excluding carboxylic acids is 4. The standard InChI is InChI=1S/C18H14N2O7/c21-15-6-7-16(22)20(15)17(23)26-13-8-14(10-19-9-13)27-18(24)25-11-12-4-2-1-3-5-12/h1-5,8-10H,6-7,11H2. The van der Waals surface area contributed by atoms with Gasteiger partial charge in [0, 0.05) is 18.9 Å². The molecular weight excluding hydrogens is 356 g/mol. The monoisotopic (exact) mass is 370 g/mol. The first-order valence-electron chi connectivity index (χ1n) is 7.94. The number of amides is 3. The fourth-order valence-electron chi connectivity index (χ4n) is 2.28. The Morgan fingerprint density at radius 1 is 0.963 bits per heavy atom. The number of hydrogen-bond donors (Lipinski definition) is 0. The number of hydrogen-bond acceptors (Lipinski definition) is 8. The summed E-state index contributed by atoms with van der Waals surface area (Å²) in [6.45, 7) is 0.0287. The van der Waals surface area contributed by atoms with E-state index < -0.39 is 24.1 Å². The first kappa shape index (κ1) is 18.1. The number of carbonyl (C=O) groups is 4. The maximum atomic E-state index is 11.9. The molecule has 0 spiro atoms. The van der Waals surface area contributed by atoms with Gasteiger partial charge in [-0.05, 0) is 5.56 Å². The number of pyridine rings is 1. The van der Waals surface area contributed by atoms with E-state index in [1.54, 1.807) is 12.1 Å². The molecule has 27 heavy (non-hydrogen) atoms. The summed E-state index contributed by atoms with van der Waals surface area (Å²) >= 11 is 0. The molecule has 9 nitrogen and oxygen atoms in total. The van der Waals surface area contributed by atoms with Gasteiger partial charge in [0.15, 0.2) is 11.5 Å². The third-order valence-corrected chi connectivity index (χ3v) is 3.53. The van der Waals surface area contributed by atoms with Crippen molar-refractivity contribution < 1.29 is 33.4 Å². The second-order valence-corrected chi connectivity index (χ2v) is 5.47. The van der Waals surface area contributed by atoms with Crippen LogP contribution in [0.4, 0.5) is 9.59 Å². The van der Waals surface area contributed by atoms with E-state index in [9.17, 15) is 19.2 Å². The number of benzene rings is 1. The highest BCUT2D eigenvalue weighted by atomic mass is 16.7. The van der Waals surface area contributed by atoms with E-state index in [0.29, 0.717) is 4.90 Å². The van der Waals surface area contributed by atoms with Gasteiger partial charge in [0.05, 0.1) is 12.4 Å². The summed E-state index contributed by atoms with van der Waals surface area (Å²) in [5.41, 5.74) is 0.787. The Balaban J connectivity index is 1.57. The fraction of sp³-hybridized carbons (Fsp3) is 0.167. The number of ether oxygens (including phenoxy) is 3. The summed E-state index contributed by atoms with van der Waals surface area (Å²) in [7, 11) is 0. The number of nitrogens with zero attached hydrogens (tertiary/aromatic N) is 2. The van der Waals surface area contributed by atoms with Crippen LogP contribution in [0.1, 0.15) is 18.4 Å². The molecule has 0 bridgehead atoms. The smallest absolute Gasteiger partial charge is 0.429 e. The van der Waals surface area contributed by atoms with Crippen molar-refractivity contribution in [3.63, 3.8) is 0 Å². The van der Waals surface area contributed by atoms with Crippen molar-refractivity contribution in [2.75, 3.05) is 0 Å². The van der Waals surface area contributed by atoms with Crippen LogP contribution in [0.2, 0.25) is 0 Å². The molecule has 1 aliphatic rings. The Kier molecular flexibility index (Phi) is 5.41. The molecule has 2 heterocycles. The number of imide groups is 3. The number of likely N-dealkylation sites (tertiary alicyclic amines) is 1. The lowest BCUT2D eigenvalue weighted by molar-refractivity contribution is -0.135. The molecule has 3 amide bonds. The summed E-state index contributed by atoms with van der Waals surface area (Å²) in [5, 5.41) is 0. The average Bonchev–Trinajstić information content (AvgIpc) is 2.99. The van der Waals surface area contributed by atoms with Crippen molar-refractivity contribution in [1.82, 2.24) is 9.88 Å². The predicted octanol–water partition coefficient (Wildman–Crippen LogP) is 2.45. The van der Waals surface area contributed by atoms with Crippen molar-refractivity contribution >= 4 is 24.1 Å². The van der Waals surface area contributed by atoms with Crippen LogP contribution < -0.4 is 9.47 Å². The maximum absolute atomic E-state index is 11.9. The minimum atomic E-state index is -1.13. The van der Waals surface area contributed by atoms with Gasteiger partial charge in [-0.15, -0.1) is 0 Å². The van der Waals surface area contributed by atoms with Gasteiger partial charge in [-0.25, -0.2) is 9.59 Å². The highest BCUT2D eigenvalue weighted by Gasteiger charge is 2.36. The Morgan fingerprint density at radius 2 is 1.59 bits per heavy atom. The van der Waals surface area contributed by atoms with E-state index >= 15 is 0 Å². The molecule has 0 unspecified atom stereocenters. The Bertz CT molecular complexity index is 866. The van der Waals surface area contributed by atoms with Gasteiger partial charge in [0.1, 0.15) is 6.61 Å². The van der Waals surface area contributed by atoms with Crippen LogP contribution in [0.3, 0.4) is 0 Å². The lowest BCUT2D eigenvalue weighted by atomic mass is 10.2. The van der Waals surface area contributed by atoms with Gasteiger partial charge < -0.3 is 14.2 Å². The van der Waals surface area contributed by atoms with Gasteiger partial charge in [0.2, 0.25) is 11.8 Å². The normalized spacial score (nSPS) is 13.4. The van der Waals surface area contributed by atoms with Crippen LogP contribution in [-0.4, -0.2) is 33.9 Å². The first-order chi connectivity index (χ1) is 13.0. The van der Waals surface area contributed by atoms with E-state index in [2.05, 4.69) is 4.98 Å². The molecule has 0 radical (unpaired) electrons. The first-order valence-corrected chi connectivity index (χ1v) is 7.94. The van der Waals surface area contributed by atoms with Crippen molar-refractivity contribution in [1.29, 1.82) is 0 Å². The minimum Gasteiger partial charge on any atom is -0.429 e. The average molecular weight is 370 g/mol. The lowest BCUT2D eigenvalue weighted by Crippen LogP contribution is -2.37. The van der Waals surface area contributed by atoms with E-state index in [1.165, 1.54) is 18.5 Å². The molecule has 1 fully saturated rings. The van der Waals surface area contributed by atoms with E-state index in [1.807, 2.05) is 18.2 Å². The number of rotatable bonds is 4. The summed E-state index contributed by atoms with van der Waals surface area (Å²) < 4.78 is 14.9. The molecule has 1 aromatic heterocycles. The molecule has 0 saturated carbocycles. The molecule has 3 rings (SSSR count). The van der Waals surface area contributed by atoms with Crippen molar-refractivity contribution in [2.45, 2.75) is 19.4 Å². The van der Waals surface area contributed by atoms with Crippen LogP contribution in [0, 0.1) is 0 Å². The van der Waals surface area contributed by atoms with Crippen molar-refractivity contribution in [3.8, 4) is 11.5 Å². The highest BCUT2D eigenvalue weighted by Crippen LogP contribution is 2.20. The minimum absolute atomic E-state index is 0.0287. The van der Waals surface area contributed by atoms with E-state index in [-0.39, 0.29) is 30.9 Å². The quantitative estimate of drug-likeness (QED) is 0.596. The zero-order chi connectivity index (χ0) is 19.2. The lowest BCUT2D eigenvalue weighted by Gasteiger charge is -2.12. The molecule has 1 saturated heterocycles. The Morgan fingerprint density at radius 3 is 2.26 bits per heavy atom. The SMILES string of the molecule is O=C(OCc1ccccc1)Oc1cncc(OC(=O)N2C(=O)CCC2=O)c1. The van der Waals surface area contributed by atoms with Crippen molar-refractivity contribution in [3.05, 3.63) is 54.4 Å². The van der Waals surface area contributed by atoms with Gasteiger partial charge in [0.25, 0.3) is 0 Å². The van der Waals surface area contributed by atoms with Gasteiger partial charge in [-0.2, -0.15) is 4.90 Å². The molecule has 1 aromatic carbocycles. The Labute approximate surface area is 153 Å². The second kappa shape index (κ2) is 8.09. The molecule has 0 N–H and O–H groups in total. The van der Waals surface area contributed by atoms with Gasteiger partial charge in [-0.1, -0.05) is 30.3 Å². The van der Waals surface area contributed by atoms with Crippen LogP contribution in [0.25, 0.3) is 0 Å². The third-order valence-electron chi connectivity index (χ3n) is 3.53. The topological polar surface area (TPSA) is 112 Å². The third kappa shape index (κ3) is 4.66. The molecule has 0 atom stereocenters. The summed E-state index contributed by atoms with van der Waals surface area (Å²) in [4.78, 5) is 50.9. The maximum Gasteiger partial charge on any atom is 0.514 e. The fourth-order valence-corrected chi connectivity index (χ4v) is 2.28. The zero-order valence-corrected chi connectivity index (χ0v) is 14.0. The second-order valence-electron chi connectivity index (χ2n) is 5.47. The van der Waals surface area contributed by atoms with Gasteiger partial charge >= 0.3 is 12.2 Å². The molecule has 9 heteroatoms. The van der Waals surface area contributed by atoms with Crippen LogP contribution in [0.5, 0.6) is 11.5 Å². The van der Waals surface area contributed by atoms with Crippen molar-refractivity contribution in [2.24, 2.45) is 0 Å². The van der Waals surface area contributed by atoms with Gasteiger partial charge in [-0.3, -0.25) is 14.6 Å². The molecule has 2 aromatic rings. The highest BCUT2D eigenvalue weighted by molar-refractivity contribution is 6.13. The van der Waals surface area contributed by atoms with E-state index in [4.69, 9.17) is 14.2 Å². The van der Waals surface area contributed by atoms with Crippen LogP contribution in [0.15, 0.2) is 48.8 Å². The summed E-state index contributed by atoms with van der Waals surface area (Å²) in [5.74, 6) is -1.39. The van der Waals surface area contributed by atoms with Crippen LogP contribution in [-0.2, 0) is 20.9 Å². The Hall–Kier alpha value is -3.75. The van der Waals surface area contributed by atoms with E-state index in [0.717, 1.165) is 5.56 Å². The predicted molar refractivity (Wildman–Crippen MR) is 88.6 cm³/mol. The largest absolute Gasteiger partial charge is 0.514 e. The molecular formula is C18H14N2O7. The summed E-state index contributed by atoms with van der Waals surface area (Å²) in [6, 6.07) is 10.2. The number of aromatic nitrogens is 1.